The van der Waals surface area contributed by atoms with Crippen molar-refractivity contribution in [3.8, 4) is 11.5 Å². The van der Waals surface area contributed by atoms with E-state index in [0.717, 1.165) is 6.07 Å². The van der Waals surface area contributed by atoms with Crippen molar-refractivity contribution >= 4 is 13.3 Å². The molecule has 58 valence electrons. The zero-order valence-electron chi connectivity index (χ0n) is 5.43. The van der Waals surface area contributed by atoms with Crippen LogP contribution in [0.5, 0.6) is 11.5 Å². The quantitative estimate of drug-likeness (QED) is 0.539. The van der Waals surface area contributed by atoms with E-state index < -0.39 is 8.03 Å². The summed E-state index contributed by atoms with van der Waals surface area (Å²) >= 11 is 0. The number of rotatable bonds is 1. The highest BCUT2D eigenvalue weighted by Gasteiger charge is 2.21. The average molecular weight is 173 g/mol. The van der Waals surface area contributed by atoms with Crippen LogP contribution in [0.4, 0.5) is 0 Å². The molecule has 1 atom stereocenters. The summed E-state index contributed by atoms with van der Waals surface area (Å²) in [7, 11) is -2.54. The summed E-state index contributed by atoms with van der Waals surface area (Å²) in [5.74, 6) is -0.503. The van der Waals surface area contributed by atoms with E-state index in [1.54, 1.807) is 0 Å². The third kappa shape index (κ3) is 1.67. The summed E-state index contributed by atoms with van der Waals surface area (Å²) in [6.07, 6.45) is 0. The Morgan fingerprint density at radius 1 is 1.27 bits per heavy atom. The molecule has 0 spiro atoms. The first-order valence-electron chi connectivity index (χ1n) is 2.79. The normalized spacial score (nSPS) is 11.2. The van der Waals surface area contributed by atoms with E-state index in [0.29, 0.717) is 0 Å². The molecular formula is C6H6O4P+. The number of phenols is 2. The summed E-state index contributed by atoms with van der Waals surface area (Å²) in [5.41, 5.74) is 0. The molecule has 1 aromatic carbocycles. The van der Waals surface area contributed by atoms with Crippen LogP contribution in [0.3, 0.4) is 0 Å². The second-order valence-electron chi connectivity index (χ2n) is 1.95. The fourth-order valence-electron chi connectivity index (χ4n) is 0.674. The van der Waals surface area contributed by atoms with Crippen LogP contribution in [0, 0.1) is 0 Å². The lowest BCUT2D eigenvalue weighted by Crippen LogP contribution is -1.94. The predicted molar refractivity (Wildman–Crippen MR) is 39.2 cm³/mol. The first-order valence-corrected chi connectivity index (χ1v) is 4.00. The lowest BCUT2D eigenvalue weighted by molar-refractivity contribution is 0.451. The smallest absolute Gasteiger partial charge is 0.508 e. The van der Waals surface area contributed by atoms with E-state index in [1.165, 1.54) is 12.1 Å². The Morgan fingerprint density at radius 3 is 2.36 bits per heavy atom. The summed E-state index contributed by atoms with van der Waals surface area (Å²) in [6.45, 7) is 0. The molecule has 0 saturated carbocycles. The van der Waals surface area contributed by atoms with Gasteiger partial charge in [0.1, 0.15) is 5.75 Å². The van der Waals surface area contributed by atoms with Gasteiger partial charge in [-0.3, -0.25) is 0 Å². The van der Waals surface area contributed by atoms with Gasteiger partial charge in [0.25, 0.3) is 5.30 Å². The third-order valence-electron chi connectivity index (χ3n) is 1.17. The Kier molecular flexibility index (Phi) is 2.08. The van der Waals surface area contributed by atoms with Gasteiger partial charge in [-0.15, -0.1) is 0 Å². The molecule has 0 aliphatic heterocycles. The van der Waals surface area contributed by atoms with E-state index in [1.807, 2.05) is 0 Å². The maximum absolute atomic E-state index is 10.4. The standard InChI is InChI=1S/C6H5O4P/c7-4-1-2-6(11(9)10)5(8)3-4/h1-3H,(H2-,7,8,9,10)/p+1. The maximum Gasteiger partial charge on any atom is 0.550 e. The fraction of sp³-hybridized carbons (Fsp3) is 0. The zero-order chi connectivity index (χ0) is 8.43. The Balaban J connectivity index is 3.20. The Labute approximate surface area is 63.6 Å². The maximum atomic E-state index is 10.4. The van der Waals surface area contributed by atoms with E-state index in [4.69, 9.17) is 15.1 Å². The lowest BCUT2D eigenvalue weighted by Gasteiger charge is -1.91. The molecular weight excluding hydrogens is 167 g/mol. The molecule has 4 nitrogen and oxygen atoms in total. The van der Waals surface area contributed by atoms with Crippen LogP contribution in [-0.4, -0.2) is 15.1 Å². The van der Waals surface area contributed by atoms with Gasteiger partial charge in [0.2, 0.25) is 0 Å². The van der Waals surface area contributed by atoms with Gasteiger partial charge < -0.3 is 10.2 Å². The molecule has 0 heterocycles. The van der Waals surface area contributed by atoms with E-state index in [-0.39, 0.29) is 16.8 Å². The Morgan fingerprint density at radius 2 is 1.91 bits per heavy atom. The SMILES string of the molecule is O=[P+](O)c1ccc(O)cc1O. The van der Waals surface area contributed by atoms with Crippen LogP contribution in [-0.2, 0) is 4.57 Å². The highest BCUT2D eigenvalue weighted by Crippen LogP contribution is 2.23. The number of benzene rings is 1. The minimum absolute atomic E-state index is 0.0715. The second-order valence-corrected chi connectivity index (χ2v) is 2.97. The molecule has 0 saturated heterocycles. The zero-order valence-corrected chi connectivity index (χ0v) is 6.32. The van der Waals surface area contributed by atoms with Crippen molar-refractivity contribution in [2.75, 3.05) is 0 Å². The van der Waals surface area contributed by atoms with E-state index in [2.05, 4.69) is 0 Å². The molecule has 1 unspecified atom stereocenters. The molecule has 11 heavy (non-hydrogen) atoms. The minimum Gasteiger partial charge on any atom is -0.508 e. The molecule has 5 heteroatoms. The molecule has 0 aromatic heterocycles. The summed E-state index contributed by atoms with van der Waals surface area (Å²) in [6, 6.07) is 3.45. The van der Waals surface area contributed by atoms with Crippen molar-refractivity contribution in [1.29, 1.82) is 0 Å². The average Bonchev–Trinajstić information content (AvgIpc) is 1.85. The van der Waals surface area contributed by atoms with Gasteiger partial charge in [0, 0.05) is 12.1 Å². The third-order valence-corrected chi connectivity index (χ3v) is 1.96. The summed E-state index contributed by atoms with van der Waals surface area (Å²) in [5, 5.41) is 17.7. The molecule has 0 aliphatic rings. The number of phenolic OH excluding ortho intramolecular Hbond substituents is 2. The van der Waals surface area contributed by atoms with Crippen molar-refractivity contribution in [3.05, 3.63) is 18.2 Å². The Hall–Kier alpha value is -1.12. The van der Waals surface area contributed by atoms with Gasteiger partial charge in [0.15, 0.2) is 5.75 Å². The molecule has 0 radical (unpaired) electrons. The largest absolute Gasteiger partial charge is 0.550 e. The minimum atomic E-state index is -2.54. The predicted octanol–water partition coefficient (Wildman–Crippen LogP) is 0.458. The van der Waals surface area contributed by atoms with Crippen LogP contribution < -0.4 is 5.30 Å². The molecule has 3 N–H and O–H groups in total. The van der Waals surface area contributed by atoms with Crippen molar-refractivity contribution < 1.29 is 19.7 Å². The molecule has 1 rings (SSSR count). The van der Waals surface area contributed by atoms with Crippen LogP contribution in [0.2, 0.25) is 0 Å². The number of aromatic hydroxyl groups is 2. The van der Waals surface area contributed by atoms with Crippen molar-refractivity contribution in [2.45, 2.75) is 0 Å². The van der Waals surface area contributed by atoms with Crippen LogP contribution in [0.1, 0.15) is 0 Å². The summed E-state index contributed by atoms with van der Waals surface area (Å²) < 4.78 is 10.4. The van der Waals surface area contributed by atoms with Crippen LogP contribution in [0.15, 0.2) is 18.2 Å². The van der Waals surface area contributed by atoms with Crippen molar-refractivity contribution in [1.82, 2.24) is 0 Å². The van der Waals surface area contributed by atoms with Gasteiger partial charge in [-0.05, 0) is 10.6 Å². The van der Waals surface area contributed by atoms with Crippen LogP contribution in [0.25, 0.3) is 0 Å². The van der Waals surface area contributed by atoms with Crippen LogP contribution >= 0.6 is 8.03 Å². The highest BCUT2D eigenvalue weighted by molar-refractivity contribution is 7.47. The fourth-order valence-corrected chi connectivity index (χ4v) is 1.14. The molecule has 0 aliphatic carbocycles. The molecule has 0 amide bonds. The van der Waals surface area contributed by atoms with E-state index in [9.17, 15) is 4.57 Å². The van der Waals surface area contributed by atoms with Crippen molar-refractivity contribution in [3.63, 3.8) is 0 Å². The van der Waals surface area contributed by atoms with E-state index >= 15 is 0 Å². The molecule has 1 aromatic rings. The monoisotopic (exact) mass is 173 g/mol. The van der Waals surface area contributed by atoms with Gasteiger partial charge >= 0.3 is 8.03 Å². The first kappa shape index (κ1) is 7.98. The van der Waals surface area contributed by atoms with Gasteiger partial charge in [0.05, 0.1) is 0 Å². The van der Waals surface area contributed by atoms with Crippen molar-refractivity contribution in [2.24, 2.45) is 0 Å². The lowest BCUT2D eigenvalue weighted by atomic mass is 10.3. The summed E-state index contributed by atoms with van der Waals surface area (Å²) in [4.78, 5) is 8.56. The molecule has 0 bridgehead atoms. The number of hydrogen-bond donors (Lipinski definition) is 3. The first-order chi connectivity index (χ1) is 5.11. The van der Waals surface area contributed by atoms with Gasteiger partial charge in [-0.25, -0.2) is 0 Å². The second kappa shape index (κ2) is 2.86. The number of hydrogen-bond acceptors (Lipinski definition) is 3. The van der Waals surface area contributed by atoms with Gasteiger partial charge in [-0.1, -0.05) is 0 Å². The van der Waals surface area contributed by atoms with Gasteiger partial charge in [-0.2, -0.15) is 4.89 Å². The highest BCUT2D eigenvalue weighted by atomic mass is 31.1. The molecule has 0 fully saturated rings. The topological polar surface area (TPSA) is 77.8 Å². The Bertz CT molecular complexity index is 297.